The molecule has 1 aliphatic carbocycles. The minimum absolute atomic E-state index is 0.0812. The Morgan fingerprint density at radius 2 is 2.28 bits per heavy atom. The molecule has 1 unspecified atom stereocenters. The van der Waals surface area contributed by atoms with Gasteiger partial charge in [0.25, 0.3) is 5.91 Å². The molecule has 0 spiro atoms. The number of hydrogen-bond donors (Lipinski definition) is 2. The van der Waals surface area contributed by atoms with Crippen LogP contribution in [0.3, 0.4) is 0 Å². The van der Waals surface area contributed by atoms with Crippen LogP contribution in [-0.2, 0) is 4.74 Å². The van der Waals surface area contributed by atoms with Crippen LogP contribution in [0.1, 0.15) is 54.1 Å². The van der Waals surface area contributed by atoms with Crippen molar-refractivity contribution in [2.24, 2.45) is 5.92 Å². The maximum Gasteiger partial charge on any atom is 0.290 e. The quantitative estimate of drug-likeness (QED) is 0.763. The number of ether oxygens (including phenoxy) is 1. The van der Waals surface area contributed by atoms with Crippen molar-refractivity contribution in [3.05, 3.63) is 29.8 Å². The van der Waals surface area contributed by atoms with E-state index >= 15 is 0 Å². The Morgan fingerprint density at radius 1 is 1.44 bits per heavy atom. The lowest BCUT2D eigenvalue weighted by Gasteiger charge is -2.33. The van der Waals surface area contributed by atoms with E-state index in [4.69, 9.17) is 13.7 Å². The standard InChI is InChI=1S/C16H21N5O4/c1-9(23-8-10-6-17-7-10)15-20-21-16(24-15)11-4-12(5-11)19-14(22)13-2-3-18-25-13/h2-3,9-12,17H,4-8H2,1H3,(H,19,22). The van der Waals surface area contributed by atoms with Crippen LogP contribution in [0.2, 0.25) is 0 Å². The average Bonchev–Trinajstić information content (AvgIpc) is 3.19. The molecule has 3 heterocycles. The van der Waals surface area contributed by atoms with E-state index in [1.165, 1.54) is 12.3 Å². The molecule has 1 saturated carbocycles. The van der Waals surface area contributed by atoms with E-state index in [9.17, 15) is 4.79 Å². The summed E-state index contributed by atoms with van der Waals surface area (Å²) < 4.78 is 16.4. The highest BCUT2D eigenvalue weighted by molar-refractivity contribution is 5.91. The summed E-state index contributed by atoms with van der Waals surface area (Å²) in [5.74, 6) is 1.84. The number of nitrogens with one attached hydrogen (secondary N) is 2. The third-order valence-corrected chi connectivity index (χ3v) is 4.74. The Balaban J connectivity index is 1.24. The highest BCUT2D eigenvalue weighted by Gasteiger charge is 2.36. The maximum absolute atomic E-state index is 11.9. The molecule has 0 bridgehead atoms. The van der Waals surface area contributed by atoms with Gasteiger partial charge in [-0.05, 0) is 19.8 Å². The van der Waals surface area contributed by atoms with Gasteiger partial charge in [-0.3, -0.25) is 4.79 Å². The first-order valence-electron chi connectivity index (χ1n) is 8.56. The molecule has 1 amide bonds. The van der Waals surface area contributed by atoms with Crippen LogP contribution >= 0.6 is 0 Å². The number of amides is 1. The van der Waals surface area contributed by atoms with Crippen molar-refractivity contribution in [2.75, 3.05) is 19.7 Å². The molecule has 2 aliphatic rings. The Morgan fingerprint density at radius 3 is 2.96 bits per heavy atom. The van der Waals surface area contributed by atoms with Gasteiger partial charge in [0, 0.05) is 37.0 Å². The zero-order valence-electron chi connectivity index (χ0n) is 14.0. The Labute approximate surface area is 144 Å². The second kappa shape index (κ2) is 6.93. The third-order valence-electron chi connectivity index (χ3n) is 4.74. The topological polar surface area (TPSA) is 115 Å². The van der Waals surface area contributed by atoms with Gasteiger partial charge in [-0.2, -0.15) is 0 Å². The molecule has 0 radical (unpaired) electrons. The Kier molecular flexibility index (Phi) is 4.50. The van der Waals surface area contributed by atoms with Gasteiger partial charge in [0.15, 0.2) is 0 Å². The van der Waals surface area contributed by atoms with E-state index in [-0.39, 0.29) is 29.7 Å². The number of aromatic nitrogens is 3. The third kappa shape index (κ3) is 3.57. The highest BCUT2D eigenvalue weighted by atomic mass is 16.5. The fraction of sp³-hybridized carbons (Fsp3) is 0.625. The molecule has 9 nitrogen and oxygen atoms in total. The van der Waals surface area contributed by atoms with Crippen LogP contribution < -0.4 is 10.6 Å². The van der Waals surface area contributed by atoms with Crippen LogP contribution in [0.5, 0.6) is 0 Å². The Bertz CT molecular complexity index is 706. The predicted octanol–water partition coefficient (Wildman–Crippen LogP) is 1.03. The summed E-state index contributed by atoms with van der Waals surface area (Å²) in [6.45, 7) is 4.63. The van der Waals surface area contributed by atoms with Crippen molar-refractivity contribution in [3.63, 3.8) is 0 Å². The van der Waals surface area contributed by atoms with Gasteiger partial charge in [0.05, 0.1) is 12.8 Å². The summed E-state index contributed by atoms with van der Waals surface area (Å²) >= 11 is 0. The van der Waals surface area contributed by atoms with Gasteiger partial charge in [0.1, 0.15) is 6.10 Å². The molecule has 2 aromatic rings. The lowest BCUT2D eigenvalue weighted by molar-refractivity contribution is 0.0113. The Hall–Kier alpha value is -2.26. The van der Waals surface area contributed by atoms with Gasteiger partial charge in [-0.15, -0.1) is 10.2 Å². The molecule has 1 saturated heterocycles. The second-order valence-electron chi connectivity index (χ2n) is 6.69. The number of carbonyl (C=O) groups is 1. The van der Waals surface area contributed by atoms with Gasteiger partial charge < -0.3 is 24.3 Å². The zero-order valence-corrected chi connectivity index (χ0v) is 14.0. The molecule has 4 rings (SSSR count). The van der Waals surface area contributed by atoms with Crippen LogP contribution in [-0.4, -0.2) is 47.0 Å². The van der Waals surface area contributed by atoms with E-state index in [1.807, 2.05) is 6.92 Å². The first-order valence-corrected chi connectivity index (χ1v) is 8.56. The fourth-order valence-corrected chi connectivity index (χ4v) is 2.92. The number of hydrogen-bond acceptors (Lipinski definition) is 8. The summed E-state index contributed by atoms with van der Waals surface area (Å²) in [6.07, 6.45) is 2.78. The minimum Gasteiger partial charge on any atom is -0.422 e. The van der Waals surface area contributed by atoms with Crippen molar-refractivity contribution in [2.45, 2.75) is 37.8 Å². The molecule has 2 aromatic heterocycles. The van der Waals surface area contributed by atoms with Crippen LogP contribution in [0.15, 0.2) is 21.2 Å². The lowest BCUT2D eigenvalue weighted by atomic mass is 9.80. The second-order valence-corrected chi connectivity index (χ2v) is 6.69. The fourth-order valence-electron chi connectivity index (χ4n) is 2.92. The SMILES string of the molecule is CC(OCC1CNC1)c1nnc(C2CC(NC(=O)c3ccno3)C2)o1. The molecular formula is C16H21N5O4. The summed E-state index contributed by atoms with van der Waals surface area (Å²) in [5, 5.41) is 17.9. The number of rotatable bonds is 7. The molecule has 1 aliphatic heterocycles. The van der Waals surface area contributed by atoms with Gasteiger partial charge >= 0.3 is 0 Å². The van der Waals surface area contributed by atoms with Gasteiger partial charge in [-0.1, -0.05) is 5.16 Å². The molecule has 2 fully saturated rings. The number of carbonyl (C=O) groups excluding carboxylic acids is 1. The van der Waals surface area contributed by atoms with Crippen LogP contribution in [0, 0.1) is 5.92 Å². The van der Waals surface area contributed by atoms with Gasteiger partial charge in [-0.25, -0.2) is 0 Å². The first-order chi connectivity index (χ1) is 12.2. The van der Waals surface area contributed by atoms with Crippen molar-refractivity contribution >= 4 is 5.91 Å². The minimum atomic E-state index is -0.250. The molecule has 134 valence electrons. The van der Waals surface area contributed by atoms with E-state index in [0.29, 0.717) is 24.3 Å². The predicted molar refractivity (Wildman–Crippen MR) is 84.8 cm³/mol. The number of nitrogens with zero attached hydrogens (tertiary/aromatic N) is 3. The van der Waals surface area contributed by atoms with E-state index in [0.717, 1.165) is 25.9 Å². The van der Waals surface area contributed by atoms with Gasteiger partial charge in [0.2, 0.25) is 17.5 Å². The summed E-state index contributed by atoms with van der Waals surface area (Å²) in [6, 6.07) is 1.62. The molecule has 25 heavy (non-hydrogen) atoms. The average molecular weight is 347 g/mol. The molecular weight excluding hydrogens is 326 g/mol. The van der Waals surface area contributed by atoms with E-state index in [2.05, 4.69) is 26.0 Å². The highest BCUT2D eigenvalue weighted by Crippen LogP contribution is 2.36. The van der Waals surface area contributed by atoms with Crippen LogP contribution in [0.4, 0.5) is 0 Å². The molecule has 2 N–H and O–H groups in total. The van der Waals surface area contributed by atoms with E-state index in [1.54, 1.807) is 0 Å². The normalized spacial score (nSPS) is 24.4. The molecule has 9 heteroatoms. The zero-order chi connectivity index (χ0) is 17.2. The molecule has 0 aromatic carbocycles. The first kappa shape index (κ1) is 16.2. The maximum atomic E-state index is 11.9. The van der Waals surface area contributed by atoms with Crippen molar-refractivity contribution < 1.29 is 18.5 Å². The van der Waals surface area contributed by atoms with Crippen LogP contribution in [0.25, 0.3) is 0 Å². The van der Waals surface area contributed by atoms with Crippen molar-refractivity contribution in [1.82, 2.24) is 26.0 Å². The summed E-state index contributed by atoms with van der Waals surface area (Å²) in [7, 11) is 0. The largest absolute Gasteiger partial charge is 0.422 e. The van der Waals surface area contributed by atoms with E-state index < -0.39 is 0 Å². The summed E-state index contributed by atoms with van der Waals surface area (Å²) in [5.41, 5.74) is 0. The monoisotopic (exact) mass is 347 g/mol. The lowest BCUT2D eigenvalue weighted by Crippen LogP contribution is -2.44. The molecule has 1 atom stereocenters. The summed E-state index contributed by atoms with van der Waals surface area (Å²) in [4.78, 5) is 11.9. The smallest absolute Gasteiger partial charge is 0.290 e. The van der Waals surface area contributed by atoms with Crippen molar-refractivity contribution in [3.8, 4) is 0 Å². The van der Waals surface area contributed by atoms with Crippen molar-refractivity contribution in [1.29, 1.82) is 0 Å².